The van der Waals surface area contributed by atoms with E-state index in [1.165, 1.54) is 11.6 Å². The monoisotopic (exact) mass is 312 g/mol. The van der Waals surface area contributed by atoms with Crippen molar-refractivity contribution in [2.24, 2.45) is 0 Å². The Balaban J connectivity index is 2.67. The highest BCUT2D eigenvalue weighted by atomic mass is 16.6. The molecule has 0 radical (unpaired) electrons. The fraction of sp³-hybridized carbons (Fsp3) is 0.615. The Kier molecular flexibility index (Phi) is 6.02. The fourth-order valence-electron chi connectivity index (χ4n) is 2.19. The highest BCUT2D eigenvalue weighted by molar-refractivity contribution is 5.83. The molecule has 1 amide bonds. The lowest BCUT2D eigenvalue weighted by Crippen LogP contribution is -2.40. The van der Waals surface area contributed by atoms with Gasteiger partial charge in [0.25, 0.3) is 0 Å². The van der Waals surface area contributed by atoms with Crippen molar-refractivity contribution in [2.75, 3.05) is 0 Å². The molecule has 0 fully saturated rings. The van der Waals surface area contributed by atoms with E-state index in [1.54, 1.807) is 6.92 Å². The molecule has 0 aliphatic carbocycles. The Hall–Kier alpha value is -2.45. The number of carbonyl (C=O) groups is 2. The van der Waals surface area contributed by atoms with Crippen LogP contribution in [-0.2, 0) is 16.1 Å². The van der Waals surface area contributed by atoms with Crippen LogP contribution in [0.25, 0.3) is 0 Å². The summed E-state index contributed by atoms with van der Waals surface area (Å²) in [5.74, 6) is -1.49. The van der Waals surface area contributed by atoms with Crippen molar-refractivity contribution in [3.05, 3.63) is 21.5 Å². The zero-order valence-electron chi connectivity index (χ0n) is 12.8. The molecule has 9 nitrogen and oxygen atoms in total. The number of aryl methyl sites for hydroxylation is 2. The quantitative estimate of drug-likeness (QED) is 0.548. The highest BCUT2D eigenvalue weighted by Crippen LogP contribution is 2.21. The van der Waals surface area contributed by atoms with E-state index in [-0.39, 0.29) is 24.3 Å². The zero-order chi connectivity index (χ0) is 16.9. The molecule has 0 saturated carbocycles. The van der Waals surface area contributed by atoms with Crippen molar-refractivity contribution in [1.29, 1.82) is 0 Å². The molecule has 1 atom stereocenters. The van der Waals surface area contributed by atoms with Gasteiger partial charge in [0.2, 0.25) is 5.91 Å². The predicted octanol–water partition coefficient (Wildman–Crippen LogP) is 1.17. The van der Waals surface area contributed by atoms with Crippen LogP contribution in [0.4, 0.5) is 5.69 Å². The second-order valence-electron chi connectivity index (χ2n) is 5.00. The lowest BCUT2D eigenvalue weighted by atomic mass is 10.1. The maximum atomic E-state index is 11.8. The predicted molar refractivity (Wildman–Crippen MR) is 77.4 cm³/mol. The maximum absolute atomic E-state index is 11.8. The van der Waals surface area contributed by atoms with Crippen LogP contribution in [0.3, 0.4) is 0 Å². The molecule has 1 unspecified atom stereocenters. The largest absolute Gasteiger partial charge is 0.480 e. The molecule has 1 rings (SSSR count). The third-order valence-corrected chi connectivity index (χ3v) is 3.29. The molecule has 0 bridgehead atoms. The Bertz CT molecular complexity index is 581. The van der Waals surface area contributed by atoms with Gasteiger partial charge in [-0.15, -0.1) is 0 Å². The molecule has 2 N–H and O–H groups in total. The number of carboxylic acid groups (broad SMARTS) is 1. The normalized spacial score (nSPS) is 12.0. The first-order chi connectivity index (χ1) is 10.3. The van der Waals surface area contributed by atoms with Crippen LogP contribution in [0.15, 0.2) is 0 Å². The smallest absolute Gasteiger partial charge is 0.326 e. The minimum absolute atomic E-state index is 0.00656. The van der Waals surface area contributed by atoms with E-state index in [1.807, 2.05) is 6.92 Å². The number of nitrogens with zero attached hydrogens (tertiary/aromatic N) is 3. The van der Waals surface area contributed by atoms with E-state index in [4.69, 9.17) is 5.11 Å². The molecule has 1 heterocycles. The lowest BCUT2D eigenvalue weighted by Gasteiger charge is -2.13. The van der Waals surface area contributed by atoms with Crippen molar-refractivity contribution in [1.82, 2.24) is 15.1 Å². The number of carbonyl (C=O) groups excluding carboxylic acids is 1. The number of amides is 1. The SMILES string of the molecule is CCCC(NC(=O)CCn1nc(C)c([N+](=O)[O-])c1C)C(=O)O. The highest BCUT2D eigenvalue weighted by Gasteiger charge is 2.23. The molecule has 0 aromatic carbocycles. The summed E-state index contributed by atoms with van der Waals surface area (Å²) in [5.41, 5.74) is 0.603. The summed E-state index contributed by atoms with van der Waals surface area (Å²) in [6.07, 6.45) is 1.000. The van der Waals surface area contributed by atoms with Crippen molar-refractivity contribution >= 4 is 17.6 Å². The summed E-state index contributed by atoms with van der Waals surface area (Å²) in [5, 5.41) is 26.3. The number of aliphatic carboxylic acids is 1. The molecule has 122 valence electrons. The molecule has 1 aromatic rings. The number of nitrogens with one attached hydrogen (secondary N) is 1. The van der Waals surface area contributed by atoms with Crippen molar-refractivity contribution in [3.8, 4) is 0 Å². The molecular formula is C13H20N4O5. The fourth-order valence-corrected chi connectivity index (χ4v) is 2.19. The van der Waals surface area contributed by atoms with Gasteiger partial charge in [0, 0.05) is 6.42 Å². The molecule has 9 heteroatoms. The number of aromatic nitrogens is 2. The van der Waals surface area contributed by atoms with E-state index in [0.29, 0.717) is 18.5 Å². The summed E-state index contributed by atoms with van der Waals surface area (Å²) in [4.78, 5) is 33.2. The van der Waals surface area contributed by atoms with E-state index < -0.39 is 22.8 Å². The van der Waals surface area contributed by atoms with Crippen LogP contribution in [0.5, 0.6) is 0 Å². The van der Waals surface area contributed by atoms with Crippen molar-refractivity contribution in [3.63, 3.8) is 0 Å². The molecule has 22 heavy (non-hydrogen) atoms. The van der Waals surface area contributed by atoms with Gasteiger partial charge in [-0.05, 0) is 20.3 Å². The number of nitro groups is 1. The van der Waals surface area contributed by atoms with E-state index in [2.05, 4.69) is 10.4 Å². The summed E-state index contributed by atoms with van der Waals surface area (Å²) in [6.45, 7) is 5.08. The molecular weight excluding hydrogens is 292 g/mol. The maximum Gasteiger partial charge on any atom is 0.326 e. The summed E-state index contributed by atoms with van der Waals surface area (Å²) in [7, 11) is 0. The lowest BCUT2D eigenvalue weighted by molar-refractivity contribution is -0.386. The van der Waals surface area contributed by atoms with Crippen LogP contribution in [0, 0.1) is 24.0 Å². The second kappa shape index (κ2) is 7.53. The van der Waals surface area contributed by atoms with Crippen LogP contribution in [0.2, 0.25) is 0 Å². The molecule has 0 aliphatic rings. The Morgan fingerprint density at radius 2 is 2.09 bits per heavy atom. The van der Waals surface area contributed by atoms with Gasteiger partial charge in [-0.1, -0.05) is 13.3 Å². The summed E-state index contributed by atoms with van der Waals surface area (Å²) in [6, 6.07) is -0.910. The Morgan fingerprint density at radius 1 is 1.45 bits per heavy atom. The number of hydrogen-bond donors (Lipinski definition) is 2. The van der Waals surface area contributed by atoms with Crippen LogP contribution >= 0.6 is 0 Å². The van der Waals surface area contributed by atoms with Gasteiger partial charge >= 0.3 is 11.7 Å². The topological polar surface area (TPSA) is 127 Å². The standard InChI is InChI=1S/C13H20N4O5/c1-4-5-10(13(19)20)14-11(18)6-7-16-9(3)12(17(21)22)8(2)15-16/h10H,4-7H2,1-3H3,(H,14,18)(H,19,20). The first-order valence-corrected chi connectivity index (χ1v) is 6.98. The number of carboxylic acids is 1. The van der Waals surface area contributed by atoms with Gasteiger partial charge in [-0.2, -0.15) is 5.10 Å². The van der Waals surface area contributed by atoms with Crippen LogP contribution < -0.4 is 5.32 Å². The summed E-state index contributed by atoms with van der Waals surface area (Å²) < 4.78 is 1.39. The minimum atomic E-state index is -1.07. The number of hydrogen-bond acceptors (Lipinski definition) is 5. The first kappa shape index (κ1) is 17.6. The van der Waals surface area contributed by atoms with E-state index >= 15 is 0 Å². The van der Waals surface area contributed by atoms with E-state index in [0.717, 1.165) is 0 Å². The first-order valence-electron chi connectivity index (χ1n) is 6.98. The molecule has 1 aromatic heterocycles. The Labute approximate surface area is 127 Å². The third-order valence-electron chi connectivity index (χ3n) is 3.29. The third kappa shape index (κ3) is 4.27. The van der Waals surface area contributed by atoms with Gasteiger partial charge in [0.1, 0.15) is 17.4 Å². The second-order valence-corrected chi connectivity index (χ2v) is 5.00. The van der Waals surface area contributed by atoms with Gasteiger partial charge in [0.15, 0.2) is 0 Å². The van der Waals surface area contributed by atoms with Gasteiger partial charge < -0.3 is 10.4 Å². The van der Waals surface area contributed by atoms with Crippen molar-refractivity contribution < 1.29 is 19.6 Å². The number of rotatable bonds is 8. The van der Waals surface area contributed by atoms with Gasteiger partial charge in [-0.25, -0.2) is 4.79 Å². The van der Waals surface area contributed by atoms with Crippen molar-refractivity contribution in [2.45, 2.75) is 52.6 Å². The minimum Gasteiger partial charge on any atom is -0.480 e. The Morgan fingerprint density at radius 3 is 2.55 bits per heavy atom. The summed E-state index contributed by atoms with van der Waals surface area (Å²) >= 11 is 0. The van der Waals surface area contributed by atoms with Crippen LogP contribution in [0.1, 0.15) is 37.6 Å². The average molecular weight is 312 g/mol. The van der Waals surface area contributed by atoms with Gasteiger partial charge in [-0.3, -0.25) is 19.6 Å². The molecule has 0 saturated heterocycles. The zero-order valence-corrected chi connectivity index (χ0v) is 12.8. The molecule has 0 aliphatic heterocycles. The molecule has 0 spiro atoms. The van der Waals surface area contributed by atoms with Gasteiger partial charge in [0.05, 0.1) is 11.5 Å². The van der Waals surface area contributed by atoms with E-state index in [9.17, 15) is 19.7 Å². The van der Waals surface area contributed by atoms with Crippen LogP contribution in [-0.4, -0.2) is 37.7 Å². The average Bonchev–Trinajstić information content (AvgIpc) is 2.70.